The lowest BCUT2D eigenvalue weighted by atomic mass is 9.58. The van der Waals surface area contributed by atoms with Crippen LogP contribution in [-0.4, -0.2) is 4.57 Å². The standard InChI is InChI=1S/C62H73N4P/c1-36-26-37(2)57(35-52(36)61(11,12)13)65(44-20-16-18-42(63)29-44)58-32-45(66-55-24-22-40(59(5,6)7)27-50(55)51-28-41(60(8,9)10)23-25-56(51)66)31-47(38(58)3)49-33-48-39(4)62(14,15)53(48)34-54(49)64-43-19-17-21-46(67)30-43/h16-22,24,26-35,39,64H,23,25,63,67H2,1-15H3. The Morgan fingerprint density at radius 2 is 1.45 bits per heavy atom. The summed E-state index contributed by atoms with van der Waals surface area (Å²) in [6.45, 7) is 35.1. The molecule has 2 aliphatic carbocycles. The van der Waals surface area contributed by atoms with E-state index in [1.807, 2.05) is 6.07 Å². The number of benzene rings is 6. The first-order valence-corrected chi connectivity index (χ1v) is 25.0. The summed E-state index contributed by atoms with van der Waals surface area (Å²) in [4.78, 5) is 2.49. The smallest absolute Gasteiger partial charge is 0.0537 e. The number of nitrogens with two attached hydrogens (primary N) is 1. The van der Waals surface area contributed by atoms with Gasteiger partial charge < -0.3 is 20.5 Å². The van der Waals surface area contributed by atoms with Crippen LogP contribution in [0, 0.1) is 26.2 Å². The van der Waals surface area contributed by atoms with Crippen LogP contribution in [0.5, 0.6) is 0 Å². The molecule has 3 N–H and O–H groups in total. The molecule has 0 radical (unpaired) electrons. The number of aryl methyl sites for hydroxylation is 2. The minimum atomic E-state index is -0.0598. The molecule has 0 spiro atoms. The summed E-state index contributed by atoms with van der Waals surface area (Å²) < 4.78 is 2.61. The van der Waals surface area contributed by atoms with Gasteiger partial charge in [-0.15, -0.1) is 9.24 Å². The highest BCUT2D eigenvalue weighted by Crippen LogP contribution is 2.55. The zero-order valence-corrected chi connectivity index (χ0v) is 44.1. The van der Waals surface area contributed by atoms with E-state index in [1.165, 1.54) is 77.8 Å². The summed E-state index contributed by atoms with van der Waals surface area (Å²) in [5, 5.41) is 6.43. The summed E-state index contributed by atoms with van der Waals surface area (Å²) in [7, 11) is 2.88. The summed E-state index contributed by atoms with van der Waals surface area (Å²) in [6.07, 6.45) is 4.52. The maximum Gasteiger partial charge on any atom is 0.0537 e. The van der Waals surface area contributed by atoms with Crippen molar-refractivity contribution in [1.29, 1.82) is 0 Å². The monoisotopic (exact) mass is 905 g/mol. The Hall–Kier alpha value is -5.57. The molecule has 4 nitrogen and oxygen atoms in total. The quantitative estimate of drug-likeness (QED) is 0.124. The van der Waals surface area contributed by atoms with Crippen LogP contribution in [-0.2, 0) is 22.7 Å². The van der Waals surface area contributed by atoms with Crippen molar-refractivity contribution >= 4 is 65.6 Å². The molecule has 346 valence electrons. The molecular formula is C62H73N4P. The highest BCUT2D eigenvalue weighted by Gasteiger charge is 2.42. The normalized spacial score (nSPS) is 15.8. The van der Waals surface area contributed by atoms with Crippen molar-refractivity contribution in [3.05, 3.63) is 159 Å². The Balaban J connectivity index is 1.42. The number of rotatable bonds is 7. The van der Waals surface area contributed by atoms with E-state index < -0.39 is 0 Å². The number of aromatic nitrogens is 1. The third-order valence-electron chi connectivity index (χ3n) is 15.4. The number of nitrogens with one attached hydrogen (secondary N) is 1. The van der Waals surface area contributed by atoms with Crippen LogP contribution < -0.4 is 21.3 Å². The number of fused-ring (bicyclic) bond motifs is 4. The Labute approximate surface area is 404 Å². The first-order chi connectivity index (χ1) is 31.3. The third kappa shape index (κ3) is 8.22. The predicted molar refractivity (Wildman–Crippen MR) is 296 cm³/mol. The number of nitrogens with zero attached hydrogens (tertiary/aromatic N) is 2. The van der Waals surface area contributed by atoms with Gasteiger partial charge in [0, 0.05) is 56.3 Å². The average molecular weight is 905 g/mol. The molecule has 0 bridgehead atoms. The minimum absolute atomic E-state index is 0.00832. The van der Waals surface area contributed by atoms with E-state index in [2.05, 4.69) is 231 Å². The fourth-order valence-corrected chi connectivity index (χ4v) is 11.4. The lowest BCUT2D eigenvalue weighted by molar-refractivity contribution is 0.371. The van der Waals surface area contributed by atoms with Crippen LogP contribution in [0.4, 0.5) is 34.1 Å². The van der Waals surface area contributed by atoms with E-state index in [4.69, 9.17) is 5.73 Å². The number of anilines is 6. The molecule has 1 heterocycles. The molecule has 0 amide bonds. The van der Waals surface area contributed by atoms with Crippen molar-refractivity contribution in [2.75, 3.05) is 16.0 Å². The minimum Gasteiger partial charge on any atom is -0.399 e. The average Bonchev–Trinajstić information content (AvgIpc) is 3.57. The van der Waals surface area contributed by atoms with Crippen LogP contribution in [0.2, 0.25) is 0 Å². The van der Waals surface area contributed by atoms with E-state index >= 15 is 0 Å². The molecule has 5 heteroatoms. The largest absolute Gasteiger partial charge is 0.399 e. The molecule has 6 aromatic carbocycles. The number of hydrogen-bond donors (Lipinski definition) is 2. The second kappa shape index (κ2) is 16.3. The fourth-order valence-electron chi connectivity index (χ4n) is 11.1. The van der Waals surface area contributed by atoms with Gasteiger partial charge in [0.05, 0.1) is 11.2 Å². The maximum atomic E-state index is 6.73. The van der Waals surface area contributed by atoms with Crippen molar-refractivity contribution in [2.45, 2.75) is 139 Å². The Kier molecular flexibility index (Phi) is 11.3. The second-order valence-corrected chi connectivity index (χ2v) is 24.2. The zero-order chi connectivity index (χ0) is 48.3. The number of allylic oxidation sites excluding steroid dienone is 1. The van der Waals surface area contributed by atoms with Gasteiger partial charge in [0.15, 0.2) is 0 Å². The molecule has 2 aliphatic rings. The first kappa shape index (κ1) is 46.5. The van der Waals surface area contributed by atoms with Crippen LogP contribution in [0.25, 0.3) is 33.8 Å². The lowest BCUT2D eigenvalue weighted by Crippen LogP contribution is -2.36. The van der Waals surface area contributed by atoms with Gasteiger partial charge >= 0.3 is 0 Å². The van der Waals surface area contributed by atoms with E-state index in [0.717, 1.165) is 58.0 Å². The molecule has 0 aliphatic heterocycles. The first-order valence-electron chi connectivity index (χ1n) is 24.5. The topological polar surface area (TPSA) is 46.2 Å². The summed E-state index contributed by atoms with van der Waals surface area (Å²) >= 11 is 0. The van der Waals surface area contributed by atoms with Crippen molar-refractivity contribution < 1.29 is 0 Å². The van der Waals surface area contributed by atoms with Crippen LogP contribution in [0.1, 0.15) is 146 Å². The highest BCUT2D eigenvalue weighted by molar-refractivity contribution is 7.27. The molecule has 0 saturated carbocycles. The van der Waals surface area contributed by atoms with Gasteiger partial charge in [-0.25, -0.2) is 0 Å². The summed E-state index contributed by atoms with van der Waals surface area (Å²) in [5.41, 5.74) is 31.3. The molecule has 0 fully saturated rings. The predicted octanol–water partition coefficient (Wildman–Crippen LogP) is 16.9. The number of nitrogen functional groups attached to an aromatic ring is 1. The molecule has 1 aromatic heterocycles. The molecular weight excluding hydrogens is 832 g/mol. The van der Waals surface area contributed by atoms with Gasteiger partial charge in [-0.05, 0) is 184 Å². The Morgan fingerprint density at radius 1 is 0.716 bits per heavy atom. The van der Waals surface area contributed by atoms with Gasteiger partial charge in [-0.3, -0.25) is 0 Å². The van der Waals surface area contributed by atoms with Crippen molar-refractivity contribution in [1.82, 2.24) is 4.57 Å². The van der Waals surface area contributed by atoms with Crippen molar-refractivity contribution in [3.8, 4) is 16.8 Å². The van der Waals surface area contributed by atoms with Gasteiger partial charge in [-0.1, -0.05) is 125 Å². The van der Waals surface area contributed by atoms with Crippen LogP contribution in [0.3, 0.4) is 0 Å². The Bertz CT molecular complexity index is 3150. The van der Waals surface area contributed by atoms with Crippen molar-refractivity contribution in [3.63, 3.8) is 0 Å². The molecule has 0 saturated heterocycles. The molecule has 2 unspecified atom stereocenters. The highest BCUT2D eigenvalue weighted by atomic mass is 31.0. The SMILES string of the molecule is Cc1cc(C)c(C(C)(C)C)cc1N(c1cccc(N)c1)c1cc(-n2c3c(c4cc(C(C)(C)C)ccc42)C=C(C(C)(C)C)CC3)cc(-c2cc3c(cc2Nc2cccc(P)c2)C(C)(C)C3C)c1C. The summed E-state index contributed by atoms with van der Waals surface area (Å²) in [5.74, 6) is 0.421. The zero-order valence-electron chi connectivity index (χ0n) is 42.9. The second-order valence-electron chi connectivity index (χ2n) is 23.5. The molecule has 2 atom stereocenters. The van der Waals surface area contributed by atoms with E-state index in [0.29, 0.717) is 5.92 Å². The van der Waals surface area contributed by atoms with Gasteiger partial charge in [0.2, 0.25) is 0 Å². The van der Waals surface area contributed by atoms with Gasteiger partial charge in [-0.2, -0.15) is 0 Å². The lowest BCUT2D eigenvalue weighted by Gasteiger charge is -2.46. The van der Waals surface area contributed by atoms with E-state index in [1.54, 1.807) is 0 Å². The fraction of sp³-hybridized carbons (Fsp3) is 0.355. The van der Waals surface area contributed by atoms with Gasteiger partial charge in [0.1, 0.15) is 0 Å². The Morgan fingerprint density at radius 3 is 2.12 bits per heavy atom. The van der Waals surface area contributed by atoms with Gasteiger partial charge in [0.25, 0.3) is 0 Å². The van der Waals surface area contributed by atoms with E-state index in [9.17, 15) is 0 Å². The van der Waals surface area contributed by atoms with E-state index in [-0.39, 0.29) is 21.7 Å². The molecule has 67 heavy (non-hydrogen) atoms. The third-order valence-corrected chi connectivity index (χ3v) is 15.7. The molecule has 7 aromatic rings. The number of hydrogen-bond acceptors (Lipinski definition) is 3. The van der Waals surface area contributed by atoms with Crippen LogP contribution in [0.15, 0.2) is 109 Å². The maximum absolute atomic E-state index is 6.73. The van der Waals surface area contributed by atoms with Crippen molar-refractivity contribution in [2.24, 2.45) is 5.41 Å². The molecule has 9 rings (SSSR count). The summed E-state index contributed by atoms with van der Waals surface area (Å²) in [6, 6.07) is 39.1. The van der Waals surface area contributed by atoms with Crippen LogP contribution >= 0.6 is 9.24 Å².